The number of aryl methyl sites for hydroxylation is 1. The number of carbonyl (C=O) groups excluding carboxylic acids is 1. The van der Waals surface area contributed by atoms with Crippen LogP contribution in [0.5, 0.6) is 0 Å². The molecule has 0 aliphatic heterocycles. The highest BCUT2D eigenvalue weighted by molar-refractivity contribution is 9.10. The van der Waals surface area contributed by atoms with Crippen molar-refractivity contribution in [3.8, 4) is 6.07 Å². The van der Waals surface area contributed by atoms with Crippen LogP contribution < -0.4 is 5.32 Å². The van der Waals surface area contributed by atoms with Gasteiger partial charge in [-0.1, -0.05) is 41.4 Å². The minimum absolute atomic E-state index is 0.160. The van der Waals surface area contributed by atoms with Crippen LogP contribution in [0.25, 0.3) is 6.08 Å². The number of halogens is 2. The summed E-state index contributed by atoms with van der Waals surface area (Å²) in [6.45, 7) is 2.14. The van der Waals surface area contributed by atoms with Crippen LogP contribution in [0.1, 0.15) is 30.9 Å². The van der Waals surface area contributed by atoms with Crippen LogP contribution in [0.4, 0.5) is 10.1 Å². The summed E-state index contributed by atoms with van der Waals surface area (Å²) in [4.78, 5) is 12.3. The highest BCUT2D eigenvalue weighted by Crippen LogP contribution is 2.19. The zero-order chi connectivity index (χ0) is 18.2. The van der Waals surface area contributed by atoms with Gasteiger partial charge in [-0.25, -0.2) is 4.39 Å². The first-order valence-corrected chi connectivity index (χ1v) is 8.80. The number of nitrogens with zero attached hydrogens (tertiary/aromatic N) is 1. The fourth-order valence-electron chi connectivity index (χ4n) is 2.26. The van der Waals surface area contributed by atoms with Crippen LogP contribution in [-0.2, 0) is 11.2 Å². The predicted octanol–water partition coefficient (Wildman–Crippen LogP) is 5.48. The van der Waals surface area contributed by atoms with Gasteiger partial charge >= 0.3 is 0 Å². The Hall–Kier alpha value is -2.45. The molecule has 0 spiro atoms. The van der Waals surface area contributed by atoms with Gasteiger partial charge in [0.05, 0.1) is 0 Å². The molecule has 0 radical (unpaired) electrons. The first-order valence-electron chi connectivity index (χ1n) is 8.00. The van der Waals surface area contributed by atoms with Crippen LogP contribution in [-0.4, -0.2) is 5.91 Å². The molecule has 0 aromatic heterocycles. The Balaban J connectivity index is 2.13. The number of rotatable bonds is 6. The fraction of sp³-hybridized carbons (Fsp3) is 0.200. The second kappa shape index (κ2) is 9.14. The minimum Gasteiger partial charge on any atom is -0.321 e. The second-order valence-corrected chi connectivity index (χ2v) is 6.51. The number of unbranched alkanes of at least 4 members (excludes halogenated alkanes) is 1. The average Bonchev–Trinajstić information content (AvgIpc) is 2.61. The van der Waals surface area contributed by atoms with E-state index in [0.29, 0.717) is 10.2 Å². The molecule has 128 valence electrons. The van der Waals surface area contributed by atoms with E-state index in [9.17, 15) is 14.4 Å². The SMILES string of the molecule is CCCCc1ccc(NC(=O)/C(C#N)=C/c2cc(Br)ccc2F)cc1. The maximum Gasteiger partial charge on any atom is 0.266 e. The Bertz CT molecular complexity index is 823. The minimum atomic E-state index is -0.566. The lowest BCUT2D eigenvalue weighted by Crippen LogP contribution is -2.13. The molecule has 1 amide bonds. The van der Waals surface area contributed by atoms with Crippen molar-refractivity contribution in [3.05, 3.63) is 69.5 Å². The monoisotopic (exact) mass is 400 g/mol. The summed E-state index contributed by atoms with van der Waals surface area (Å²) in [6.07, 6.45) is 4.48. The van der Waals surface area contributed by atoms with E-state index >= 15 is 0 Å². The first kappa shape index (κ1) is 18.9. The molecule has 0 aliphatic rings. The maximum absolute atomic E-state index is 13.8. The van der Waals surface area contributed by atoms with Crippen LogP contribution in [0, 0.1) is 17.1 Å². The molecular weight excluding hydrogens is 383 g/mol. The van der Waals surface area contributed by atoms with Crippen molar-refractivity contribution in [1.29, 1.82) is 5.26 Å². The summed E-state index contributed by atoms with van der Waals surface area (Å²) >= 11 is 3.24. The lowest BCUT2D eigenvalue weighted by Gasteiger charge is -2.06. The largest absolute Gasteiger partial charge is 0.321 e. The third-order valence-electron chi connectivity index (χ3n) is 3.65. The quantitative estimate of drug-likeness (QED) is 0.515. The van der Waals surface area contributed by atoms with Gasteiger partial charge < -0.3 is 5.32 Å². The molecule has 0 heterocycles. The van der Waals surface area contributed by atoms with Crippen molar-refractivity contribution in [3.63, 3.8) is 0 Å². The van der Waals surface area contributed by atoms with E-state index in [4.69, 9.17) is 0 Å². The van der Waals surface area contributed by atoms with Crippen molar-refractivity contribution >= 4 is 33.6 Å². The van der Waals surface area contributed by atoms with E-state index in [1.807, 2.05) is 18.2 Å². The van der Waals surface area contributed by atoms with Crippen molar-refractivity contribution in [1.82, 2.24) is 0 Å². The van der Waals surface area contributed by atoms with Gasteiger partial charge in [0.15, 0.2) is 0 Å². The van der Waals surface area contributed by atoms with Crippen molar-refractivity contribution in [2.24, 2.45) is 0 Å². The zero-order valence-electron chi connectivity index (χ0n) is 13.9. The molecule has 0 unspecified atom stereocenters. The summed E-state index contributed by atoms with van der Waals surface area (Å²) < 4.78 is 14.5. The molecule has 0 saturated heterocycles. The number of benzene rings is 2. The molecule has 2 rings (SSSR count). The van der Waals surface area contributed by atoms with Gasteiger partial charge in [-0.15, -0.1) is 0 Å². The van der Waals surface area contributed by atoms with Gasteiger partial charge in [0.2, 0.25) is 0 Å². The molecule has 2 aromatic rings. The second-order valence-electron chi connectivity index (χ2n) is 5.59. The zero-order valence-corrected chi connectivity index (χ0v) is 15.4. The number of anilines is 1. The number of nitrogens with one attached hydrogen (secondary N) is 1. The molecule has 0 aliphatic carbocycles. The Morgan fingerprint density at radius 3 is 2.64 bits per heavy atom. The Labute approximate surface area is 155 Å². The predicted molar refractivity (Wildman–Crippen MR) is 101 cm³/mol. The molecule has 5 heteroatoms. The molecule has 3 nitrogen and oxygen atoms in total. The summed E-state index contributed by atoms with van der Waals surface area (Å²) in [6, 6.07) is 13.7. The highest BCUT2D eigenvalue weighted by atomic mass is 79.9. The molecule has 2 aromatic carbocycles. The van der Waals surface area contributed by atoms with Crippen LogP contribution in [0.15, 0.2) is 52.5 Å². The normalized spacial score (nSPS) is 11.0. The Morgan fingerprint density at radius 1 is 1.28 bits per heavy atom. The molecular formula is C20H18BrFN2O. The molecule has 0 atom stereocenters. The summed E-state index contributed by atoms with van der Waals surface area (Å²) in [5.74, 6) is -1.06. The number of nitriles is 1. The Kier molecular flexibility index (Phi) is 6.91. The van der Waals surface area contributed by atoms with Gasteiger partial charge in [0, 0.05) is 15.7 Å². The van der Waals surface area contributed by atoms with E-state index in [0.717, 1.165) is 19.3 Å². The standard InChI is InChI=1S/C20H18BrFN2O/c1-2-3-4-14-5-8-18(9-6-14)24-20(25)16(13-23)11-15-12-17(21)7-10-19(15)22/h5-12H,2-4H2,1H3,(H,24,25)/b16-11+. The van der Waals surface area contributed by atoms with Gasteiger partial charge in [-0.05, 0) is 54.8 Å². The third-order valence-corrected chi connectivity index (χ3v) is 4.15. The van der Waals surface area contributed by atoms with Crippen molar-refractivity contribution in [2.45, 2.75) is 26.2 Å². The lowest BCUT2D eigenvalue weighted by molar-refractivity contribution is -0.112. The van der Waals surface area contributed by atoms with E-state index in [1.54, 1.807) is 18.2 Å². The van der Waals surface area contributed by atoms with Gasteiger partial charge in [0.25, 0.3) is 5.91 Å². The smallest absolute Gasteiger partial charge is 0.266 e. The van der Waals surface area contributed by atoms with E-state index in [-0.39, 0.29) is 11.1 Å². The van der Waals surface area contributed by atoms with Crippen LogP contribution in [0.2, 0.25) is 0 Å². The molecule has 25 heavy (non-hydrogen) atoms. The molecule has 0 bridgehead atoms. The summed E-state index contributed by atoms with van der Waals surface area (Å²) in [5.41, 5.74) is 1.82. The number of carbonyl (C=O) groups is 1. The Morgan fingerprint density at radius 2 is 2.00 bits per heavy atom. The van der Waals surface area contributed by atoms with Crippen LogP contribution >= 0.6 is 15.9 Å². The van der Waals surface area contributed by atoms with Crippen molar-refractivity contribution in [2.75, 3.05) is 5.32 Å². The van der Waals surface area contributed by atoms with E-state index < -0.39 is 11.7 Å². The lowest BCUT2D eigenvalue weighted by atomic mass is 10.1. The maximum atomic E-state index is 13.8. The topological polar surface area (TPSA) is 52.9 Å². The summed E-state index contributed by atoms with van der Waals surface area (Å²) in [5, 5.41) is 11.9. The number of hydrogen-bond donors (Lipinski definition) is 1. The molecule has 0 saturated carbocycles. The average molecular weight is 401 g/mol. The van der Waals surface area contributed by atoms with E-state index in [2.05, 4.69) is 28.2 Å². The summed E-state index contributed by atoms with van der Waals surface area (Å²) in [7, 11) is 0. The van der Waals surface area contributed by atoms with Crippen molar-refractivity contribution < 1.29 is 9.18 Å². The van der Waals surface area contributed by atoms with Crippen LogP contribution in [0.3, 0.4) is 0 Å². The molecule has 0 fully saturated rings. The number of hydrogen-bond acceptors (Lipinski definition) is 2. The third kappa shape index (κ3) is 5.54. The number of amides is 1. The van der Waals surface area contributed by atoms with Gasteiger partial charge in [-0.2, -0.15) is 5.26 Å². The van der Waals surface area contributed by atoms with Gasteiger partial charge in [-0.3, -0.25) is 4.79 Å². The van der Waals surface area contributed by atoms with E-state index in [1.165, 1.54) is 23.8 Å². The first-order chi connectivity index (χ1) is 12.0. The van der Waals surface area contributed by atoms with Gasteiger partial charge in [0.1, 0.15) is 17.5 Å². The highest BCUT2D eigenvalue weighted by Gasteiger charge is 2.11. The fourth-order valence-corrected chi connectivity index (χ4v) is 2.64. The molecule has 1 N–H and O–H groups in total.